The lowest BCUT2D eigenvalue weighted by molar-refractivity contribution is 0.396. The molecular weight excluding hydrogens is 255 g/mol. The minimum Gasteiger partial charge on any atom is -0.496 e. The predicted molar refractivity (Wildman–Crippen MR) is 75.4 cm³/mol. The van der Waals surface area contributed by atoms with Gasteiger partial charge in [0.05, 0.1) is 7.11 Å². The summed E-state index contributed by atoms with van der Waals surface area (Å²) in [5, 5.41) is 0.749. The van der Waals surface area contributed by atoms with Crippen molar-refractivity contribution in [3.63, 3.8) is 0 Å². The maximum absolute atomic E-state index is 6.02. The van der Waals surface area contributed by atoms with Gasteiger partial charge in [0.15, 0.2) is 0 Å². The molecule has 0 heterocycles. The van der Waals surface area contributed by atoms with Crippen LogP contribution >= 0.6 is 23.2 Å². The molecule has 1 aromatic carbocycles. The summed E-state index contributed by atoms with van der Waals surface area (Å²) < 4.78 is 5.35. The molecule has 17 heavy (non-hydrogen) atoms. The van der Waals surface area contributed by atoms with Gasteiger partial charge >= 0.3 is 0 Å². The number of rotatable bonds is 6. The van der Waals surface area contributed by atoms with E-state index in [0.717, 1.165) is 29.2 Å². The first kappa shape index (κ1) is 14.7. The second-order valence-corrected chi connectivity index (χ2v) is 5.56. The Morgan fingerprint density at radius 3 is 2.53 bits per heavy atom. The molecule has 0 aliphatic heterocycles. The third kappa shape index (κ3) is 4.77. The third-order valence-electron chi connectivity index (χ3n) is 2.77. The molecule has 0 aliphatic rings. The highest BCUT2D eigenvalue weighted by Gasteiger charge is 2.14. The Kier molecular flexibility index (Phi) is 6.15. The minimum absolute atomic E-state index is 0.476. The van der Waals surface area contributed by atoms with Crippen molar-refractivity contribution in [1.29, 1.82) is 0 Å². The topological polar surface area (TPSA) is 9.23 Å². The van der Waals surface area contributed by atoms with Gasteiger partial charge in [0.25, 0.3) is 0 Å². The highest BCUT2D eigenvalue weighted by Crippen LogP contribution is 2.27. The number of halogens is 2. The number of hydrogen-bond donors (Lipinski definition) is 0. The van der Waals surface area contributed by atoms with Crippen molar-refractivity contribution in [1.82, 2.24) is 0 Å². The maximum atomic E-state index is 6.02. The zero-order chi connectivity index (χ0) is 12.8. The Hall–Kier alpha value is -0.400. The first-order chi connectivity index (χ1) is 8.06. The Bertz CT molecular complexity index is 350. The van der Waals surface area contributed by atoms with Gasteiger partial charge in [0.1, 0.15) is 5.75 Å². The Balaban J connectivity index is 2.80. The molecule has 0 spiro atoms. The molecule has 0 amide bonds. The second-order valence-electron chi connectivity index (χ2n) is 4.81. The van der Waals surface area contributed by atoms with Gasteiger partial charge in [-0.15, -0.1) is 11.6 Å². The van der Waals surface area contributed by atoms with Crippen LogP contribution < -0.4 is 4.74 Å². The molecule has 0 saturated heterocycles. The molecule has 0 aromatic heterocycles. The van der Waals surface area contributed by atoms with Gasteiger partial charge in [-0.05, 0) is 48.4 Å². The lowest BCUT2D eigenvalue weighted by Crippen LogP contribution is -2.10. The fourth-order valence-corrected chi connectivity index (χ4v) is 2.52. The van der Waals surface area contributed by atoms with Crippen LogP contribution in [0.1, 0.15) is 25.8 Å². The van der Waals surface area contributed by atoms with Gasteiger partial charge in [0.2, 0.25) is 0 Å². The van der Waals surface area contributed by atoms with Crippen LogP contribution in [-0.4, -0.2) is 13.0 Å². The van der Waals surface area contributed by atoms with Gasteiger partial charge in [-0.2, -0.15) is 0 Å². The van der Waals surface area contributed by atoms with Crippen LogP contribution in [0.2, 0.25) is 5.02 Å². The van der Waals surface area contributed by atoms with Crippen LogP contribution in [0.5, 0.6) is 5.75 Å². The highest BCUT2D eigenvalue weighted by molar-refractivity contribution is 6.30. The first-order valence-electron chi connectivity index (χ1n) is 5.95. The Morgan fingerprint density at radius 2 is 2.00 bits per heavy atom. The van der Waals surface area contributed by atoms with E-state index in [1.807, 2.05) is 18.2 Å². The number of ether oxygens (including phenoxy) is 1. The van der Waals surface area contributed by atoms with Crippen LogP contribution in [0.4, 0.5) is 0 Å². The zero-order valence-electron chi connectivity index (χ0n) is 10.7. The van der Waals surface area contributed by atoms with E-state index in [2.05, 4.69) is 13.8 Å². The van der Waals surface area contributed by atoms with E-state index in [4.69, 9.17) is 27.9 Å². The van der Waals surface area contributed by atoms with Crippen LogP contribution in [0, 0.1) is 11.8 Å². The quantitative estimate of drug-likeness (QED) is 0.678. The third-order valence-corrected chi connectivity index (χ3v) is 3.45. The molecule has 3 heteroatoms. The van der Waals surface area contributed by atoms with Crippen LogP contribution in [0.15, 0.2) is 18.2 Å². The molecule has 0 bridgehead atoms. The van der Waals surface area contributed by atoms with Crippen molar-refractivity contribution in [2.45, 2.75) is 26.7 Å². The van der Waals surface area contributed by atoms with Crippen LogP contribution in [0.3, 0.4) is 0 Å². The molecule has 1 atom stereocenters. The number of alkyl halides is 1. The SMILES string of the molecule is COc1ccc(Cl)cc1CC(CCl)CC(C)C. The van der Waals surface area contributed by atoms with Crippen LogP contribution in [-0.2, 0) is 6.42 Å². The molecular formula is C14H20Cl2O. The molecule has 96 valence electrons. The molecule has 1 rings (SSSR count). The normalized spacial score (nSPS) is 12.8. The fourth-order valence-electron chi connectivity index (χ4n) is 2.09. The monoisotopic (exact) mass is 274 g/mol. The summed E-state index contributed by atoms with van der Waals surface area (Å²) in [6.07, 6.45) is 2.05. The molecule has 1 unspecified atom stereocenters. The van der Waals surface area contributed by atoms with Crippen LogP contribution in [0.25, 0.3) is 0 Å². The summed E-state index contributed by atoms with van der Waals surface area (Å²) in [7, 11) is 1.69. The molecule has 0 aliphatic carbocycles. The summed E-state index contributed by atoms with van der Waals surface area (Å²) >= 11 is 12.0. The standard InChI is InChI=1S/C14H20Cl2O/c1-10(2)6-11(9-15)7-12-8-13(16)4-5-14(12)17-3/h4-5,8,10-11H,6-7,9H2,1-3H3. The smallest absolute Gasteiger partial charge is 0.122 e. The van der Waals surface area contributed by atoms with E-state index in [-0.39, 0.29) is 0 Å². The number of benzene rings is 1. The Labute approximate surface area is 114 Å². The molecule has 1 aromatic rings. The lowest BCUT2D eigenvalue weighted by Gasteiger charge is -2.18. The largest absolute Gasteiger partial charge is 0.496 e. The number of hydrogen-bond acceptors (Lipinski definition) is 1. The lowest BCUT2D eigenvalue weighted by atomic mass is 9.92. The summed E-state index contributed by atoms with van der Waals surface area (Å²) in [5.41, 5.74) is 1.14. The molecule has 0 radical (unpaired) electrons. The molecule has 0 N–H and O–H groups in total. The van der Waals surface area contributed by atoms with E-state index in [9.17, 15) is 0 Å². The van der Waals surface area contributed by atoms with E-state index < -0.39 is 0 Å². The van der Waals surface area contributed by atoms with E-state index >= 15 is 0 Å². The van der Waals surface area contributed by atoms with E-state index in [1.165, 1.54) is 0 Å². The first-order valence-corrected chi connectivity index (χ1v) is 6.86. The molecule has 1 nitrogen and oxygen atoms in total. The van der Waals surface area contributed by atoms with E-state index in [1.54, 1.807) is 7.11 Å². The van der Waals surface area contributed by atoms with Crippen molar-refractivity contribution < 1.29 is 4.74 Å². The number of methoxy groups -OCH3 is 1. The summed E-state index contributed by atoms with van der Waals surface area (Å²) in [5.74, 6) is 2.70. The zero-order valence-corrected chi connectivity index (χ0v) is 12.2. The Morgan fingerprint density at radius 1 is 1.29 bits per heavy atom. The van der Waals surface area contributed by atoms with E-state index in [0.29, 0.717) is 17.7 Å². The molecule has 0 fully saturated rings. The predicted octanol–water partition coefficient (Wildman–Crippen LogP) is 4.79. The summed E-state index contributed by atoms with van der Waals surface area (Å²) in [6, 6.07) is 5.74. The van der Waals surface area contributed by atoms with Crippen molar-refractivity contribution in [3.8, 4) is 5.75 Å². The van der Waals surface area contributed by atoms with Crippen molar-refractivity contribution in [2.75, 3.05) is 13.0 Å². The average molecular weight is 275 g/mol. The average Bonchev–Trinajstić information content (AvgIpc) is 2.28. The summed E-state index contributed by atoms with van der Waals surface area (Å²) in [4.78, 5) is 0. The summed E-state index contributed by atoms with van der Waals surface area (Å²) in [6.45, 7) is 4.43. The maximum Gasteiger partial charge on any atom is 0.122 e. The minimum atomic E-state index is 0.476. The highest BCUT2D eigenvalue weighted by atomic mass is 35.5. The fraction of sp³-hybridized carbons (Fsp3) is 0.571. The van der Waals surface area contributed by atoms with Gasteiger partial charge in [0, 0.05) is 10.9 Å². The van der Waals surface area contributed by atoms with Gasteiger partial charge in [-0.25, -0.2) is 0 Å². The van der Waals surface area contributed by atoms with Gasteiger partial charge in [-0.1, -0.05) is 25.4 Å². The van der Waals surface area contributed by atoms with Crippen molar-refractivity contribution in [2.24, 2.45) is 11.8 Å². The second kappa shape index (κ2) is 7.13. The van der Waals surface area contributed by atoms with Gasteiger partial charge < -0.3 is 4.74 Å². The van der Waals surface area contributed by atoms with Crippen molar-refractivity contribution >= 4 is 23.2 Å². The van der Waals surface area contributed by atoms with Crippen molar-refractivity contribution in [3.05, 3.63) is 28.8 Å². The van der Waals surface area contributed by atoms with Gasteiger partial charge in [-0.3, -0.25) is 0 Å². The molecule has 0 saturated carbocycles.